The van der Waals surface area contributed by atoms with Crippen molar-refractivity contribution in [3.8, 4) is 44.5 Å². The van der Waals surface area contributed by atoms with Crippen LogP contribution in [0.25, 0.3) is 66.1 Å². The van der Waals surface area contributed by atoms with Crippen LogP contribution >= 0.6 is 0 Å². The molecule has 6 aliphatic carbocycles. The lowest BCUT2D eigenvalue weighted by atomic mass is 9.48. The molecule has 8 aromatic carbocycles. The van der Waals surface area contributed by atoms with Gasteiger partial charge in [-0.1, -0.05) is 147 Å². The first kappa shape index (κ1) is 39.3. The third-order valence-electron chi connectivity index (χ3n) is 17.2. The fourth-order valence-corrected chi connectivity index (χ4v) is 15.8. The lowest BCUT2D eigenvalue weighted by Crippen LogP contribution is -2.47. The topological polar surface area (TPSA) is 86.7 Å². The van der Waals surface area contributed by atoms with E-state index in [4.69, 9.17) is 8.37 Å². The molecule has 0 radical (unpaired) electrons. The lowest BCUT2D eigenvalue weighted by molar-refractivity contribution is 0.168. The van der Waals surface area contributed by atoms with Crippen molar-refractivity contribution < 1.29 is 25.2 Å². The molecule has 8 heteroatoms. The Morgan fingerprint density at radius 1 is 0.485 bits per heavy atom. The smallest absolute Gasteiger partial charge is 0.264 e. The molecule has 0 N–H and O–H groups in total. The Kier molecular flexibility index (Phi) is 7.71. The van der Waals surface area contributed by atoms with Gasteiger partial charge in [0, 0.05) is 34.5 Å². The van der Waals surface area contributed by atoms with Gasteiger partial charge in [0.25, 0.3) is 20.2 Å². The number of hydrogen-bond donors (Lipinski definition) is 0. The second-order valence-corrected chi connectivity index (χ2v) is 23.5. The molecule has 0 spiro atoms. The molecule has 8 aromatic rings. The maximum Gasteiger partial charge on any atom is 0.264 e. The number of hydrogen-bond acceptors (Lipinski definition) is 6. The molecule has 0 unspecified atom stereocenters. The number of benzene rings is 8. The fraction of sp³-hybridized carbons (Fsp3) is 0.241. The molecule has 6 atom stereocenters. The van der Waals surface area contributed by atoms with Crippen LogP contribution in [0.4, 0.5) is 0 Å². The second-order valence-electron chi connectivity index (χ2n) is 20.2. The SMILES string of the molecule is C[C@]12c3c4c(c(-c5ccccc5)c5ccc6c(c35)[C@@H]3[C@H]1c1c(ccc5c(-c7ccccc7)c7c(c(c15)[C@]3(C)[C@@H]6COS(C)(=O)=O)Cc1ccccc1-7)[C@H]2COS(C)(=O)=O)-c1ccccc1C4. The van der Waals surface area contributed by atoms with Crippen molar-refractivity contribution in [1.82, 2.24) is 0 Å². The Balaban J connectivity index is 1.20. The van der Waals surface area contributed by atoms with Crippen molar-refractivity contribution in [1.29, 1.82) is 0 Å². The van der Waals surface area contributed by atoms with Gasteiger partial charge in [-0.25, -0.2) is 0 Å². The zero-order valence-corrected chi connectivity index (χ0v) is 38.7. The minimum Gasteiger partial charge on any atom is -0.270 e. The average Bonchev–Trinajstić information content (AvgIpc) is 4.01. The van der Waals surface area contributed by atoms with E-state index in [1.807, 2.05) is 0 Å². The highest BCUT2D eigenvalue weighted by Crippen LogP contribution is 2.79. The summed E-state index contributed by atoms with van der Waals surface area (Å²) in [6, 6.07) is 48.3. The minimum atomic E-state index is -3.83. The predicted molar refractivity (Wildman–Crippen MR) is 263 cm³/mol. The van der Waals surface area contributed by atoms with Gasteiger partial charge in [-0.15, -0.1) is 0 Å². The van der Waals surface area contributed by atoms with Crippen molar-refractivity contribution in [2.75, 3.05) is 25.7 Å². The average molecular weight is 903 g/mol. The zero-order chi connectivity index (χ0) is 44.8. The van der Waals surface area contributed by atoms with E-state index >= 15 is 0 Å². The molecule has 0 saturated heterocycles. The van der Waals surface area contributed by atoms with Crippen molar-refractivity contribution in [2.45, 2.75) is 61.2 Å². The van der Waals surface area contributed by atoms with E-state index in [2.05, 4.69) is 147 Å². The summed E-state index contributed by atoms with van der Waals surface area (Å²) in [5.74, 6) is -0.830. The molecule has 66 heavy (non-hydrogen) atoms. The van der Waals surface area contributed by atoms with Crippen molar-refractivity contribution in [3.63, 3.8) is 0 Å². The summed E-state index contributed by atoms with van der Waals surface area (Å²) in [7, 11) is -7.66. The predicted octanol–water partition coefficient (Wildman–Crippen LogP) is 12.0. The van der Waals surface area contributed by atoms with Crippen LogP contribution in [0.15, 0.2) is 133 Å². The second kappa shape index (κ2) is 13.0. The Morgan fingerprint density at radius 2 is 0.864 bits per heavy atom. The molecule has 0 saturated carbocycles. The van der Waals surface area contributed by atoms with Crippen LogP contribution in [0.2, 0.25) is 0 Å². The Bertz CT molecular complexity index is 3520. The van der Waals surface area contributed by atoms with Crippen molar-refractivity contribution in [2.24, 2.45) is 0 Å². The van der Waals surface area contributed by atoms with Crippen LogP contribution in [-0.4, -0.2) is 42.6 Å². The van der Waals surface area contributed by atoms with Gasteiger partial charge in [0.1, 0.15) is 0 Å². The van der Waals surface area contributed by atoms with Crippen LogP contribution in [0.1, 0.15) is 93.2 Å². The summed E-state index contributed by atoms with van der Waals surface area (Å²) in [4.78, 5) is 0. The van der Waals surface area contributed by atoms with Crippen LogP contribution in [0.5, 0.6) is 0 Å². The standard InChI is InChI=1S/C58H46O6S2/c1-57-43(29-63-65(3,59)60)37-23-25-40-46(32-17-9-6-10-18-32)48-36-22-14-12-20-34(36)28-42(48)54-52(40)49(37)55(57)56-50-38(44(58(54,56)2)30-64-66(4,61)62)24-26-39-45(31-15-7-5-8-16-31)47-35-21-13-11-19-33(35)27-41(47)53(57)51(39)50/h5-26,43-44,55-56H,27-30H2,1-4H3/t43-,44-,55-,56-,57+,58+/m1/s1. The molecule has 0 aliphatic heterocycles. The third kappa shape index (κ3) is 4.83. The first-order valence-electron chi connectivity index (χ1n) is 23.1. The van der Waals surface area contributed by atoms with Crippen molar-refractivity contribution in [3.05, 3.63) is 189 Å². The molecule has 0 fully saturated rings. The van der Waals surface area contributed by atoms with Gasteiger partial charge in [-0.05, 0) is 135 Å². The molecule has 326 valence electrons. The molecule has 0 aromatic heterocycles. The summed E-state index contributed by atoms with van der Waals surface area (Å²) in [6.07, 6.45) is 3.82. The summed E-state index contributed by atoms with van der Waals surface area (Å²) in [5, 5.41) is 4.80. The van der Waals surface area contributed by atoms with Gasteiger partial charge in [-0.3, -0.25) is 8.37 Å². The molecule has 0 bridgehead atoms. The van der Waals surface area contributed by atoms with E-state index in [0.29, 0.717) is 0 Å². The Labute approximate surface area is 385 Å². The van der Waals surface area contributed by atoms with E-state index in [-0.39, 0.29) is 36.9 Å². The molecular weight excluding hydrogens is 857 g/mol. The van der Waals surface area contributed by atoms with Crippen LogP contribution in [0, 0.1) is 0 Å². The quantitative estimate of drug-likeness (QED) is 0.141. The van der Waals surface area contributed by atoms with Gasteiger partial charge < -0.3 is 0 Å². The maximum absolute atomic E-state index is 13.2. The highest BCUT2D eigenvalue weighted by atomic mass is 32.2. The molecule has 0 heterocycles. The van der Waals surface area contributed by atoms with Gasteiger partial charge in [0.05, 0.1) is 25.7 Å². The molecule has 14 rings (SSSR count). The third-order valence-corrected chi connectivity index (χ3v) is 18.3. The normalized spacial score (nSPS) is 24.2. The monoisotopic (exact) mass is 902 g/mol. The first-order valence-corrected chi connectivity index (χ1v) is 26.7. The highest BCUT2D eigenvalue weighted by molar-refractivity contribution is 7.86. The summed E-state index contributed by atoms with van der Waals surface area (Å²) >= 11 is 0. The van der Waals surface area contributed by atoms with E-state index in [1.54, 1.807) is 0 Å². The largest absolute Gasteiger partial charge is 0.270 e. The maximum atomic E-state index is 13.2. The number of rotatable bonds is 8. The van der Waals surface area contributed by atoms with Gasteiger partial charge >= 0.3 is 0 Å². The highest BCUT2D eigenvalue weighted by Gasteiger charge is 2.69. The minimum absolute atomic E-state index is 0.00429. The molecular formula is C58H46O6S2. The molecule has 0 amide bonds. The summed E-state index contributed by atoms with van der Waals surface area (Å²) in [6.45, 7) is 4.85. The molecule has 6 aliphatic rings. The van der Waals surface area contributed by atoms with Gasteiger partial charge in [0.2, 0.25) is 0 Å². The summed E-state index contributed by atoms with van der Waals surface area (Å²) < 4.78 is 65.1. The molecule has 6 nitrogen and oxygen atoms in total. The Hall–Kier alpha value is -5.90. The van der Waals surface area contributed by atoms with Gasteiger partial charge in [0.15, 0.2) is 0 Å². The van der Waals surface area contributed by atoms with Crippen molar-refractivity contribution >= 4 is 41.8 Å². The summed E-state index contributed by atoms with van der Waals surface area (Å²) in [5.41, 5.74) is 21.0. The van der Waals surface area contributed by atoms with Crippen LogP contribution in [-0.2, 0) is 52.3 Å². The van der Waals surface area contributed by atoms with Crippen LogP contribution in [0.3, 0.4) is 0 Å². The van der Waals surface area contributed by atoms with E-state index < -0.39 is 31.1 Å². The first-order chi connectivity index (χ1) is 31.8. The van der Waals surface area contributed by atoms with E-state index in [1.165, 1.54) is 99.4 Å². The van der Waals surface area contributed by atoms with Crippen LogP contribution < -0.4 is 0 Å². The Morgan fingerprint density at radius 3 is 1.26 bits per heavy atom. The van der Waals surface area contributed by atoms with Gasteiger partial charge in [-0.2, -0.15) is 16.8 Å². The zero-order valence-electron chi connectivity index (χ0n) is 37.1. The fourth-order valence-electron chi connectivity index (χ4n) is 15.1. The van der Waals surface area contributed by atoms with E-state index in [0.717, 1.165) is 47.6 Å². The number of fused-ring (bicyclic) bond motifs is 10. The lowest BCUT2D eigenvalue weighted by Gasteiger charge is -2.54. The van der Waals surface area contributed by atoms with E-state index in [9.17, 15) is 16.8 Å².